The Hall–Kier alpha value is -3.39. The molecule has 1 heterocycles. The van der Waals surface area contributed by atoms with Crippen LogP contribution in [0.2, 0.25) is 0 Å². The highest BCUT2D eigenvalue weighted by Gasteiger charge is 2.37. The third-order valence-electron chi connectivity index (χ3n) is 6.60. The number of sulfone groups is 1. The minimum atomic E-state index is -4.00. The van der Waals surface area contributed by atoms with E-state index >= 15 is 0 Å². The van der Waals surface area contributed by atoms with Gasteiger partial charge in [0.05, 0.1) is 41.3 Å². The molecule has 0 saturated heterocycles. The highest BCUT2D eigenvalue weighted by molar-refractivity contribution is 7.92. The Morgan fingerprint density at radius 1 is 1.05 bits per heavy atom. The van der Waals surface area contributed by atoms with E-state index in [0.717, 1.165) is 35.3 Å². The van der Waals surface area contributed by atoms with Crippen molar-refractivity contribution in [2.24, 2.45) is 0 Å². The molecule has 1 unspecified atom stereocenters. The third kappa shape index (κ3) is 8.12. The molecule has 0 radical (unpaired) electrons. The SMILES string of the molecule is COCCS(=O)(=O)C(C(=O)NCC(=O)NC1CC1)c1nc2ccc(-c3ccc(C(=O)NC(C)(C)COC)cc3)cc2s1. The minimum absolute atomic E-state index is 0.0821. The lowest BCUT2D eigenvalue weighted by atomic mass is 10.0. The number of carbonyl (C=O) groups excluding carboxylic acids is 3. The van der Waals surface area contributed by atoms with Crippen LogP contribution in [0.15, 0.2) is 42.5 Å². The number of amides is 3. The minimum Gasteiger partial charge on any atom is -0.384 e. The van der Waals surface area contributed by atoms with Gasteiger partial charge in [-0.1, -0.05) is 18.2 Å². The fraction of sp³-hybridized carbons (Fsp3) is 0.448. The summed E-state index contributed by atoms with van der Waals surface area (Å²) in [7, 11) is -1.04. The number of benzene rings is 2. The van der Waals surface area contributed by atoms with Crippen LogP contribution >= 0.6 is 11.3 Å². The number of aromatic nitrogens is 1. The van der Waals surface area contributed by atoms with Crippen LogP contribution in [-0.4, -0.2) is 82.4 Å². The average Bonchev–Trinajstić information content (AvgIpc) is 3.65. The van der Waals surface area contributed by atoms with E-state index in [0.29, 0.717) is 22.4 Å². The van der Waals surface area contributed by atoms with Crippen molar-refractivity contribution in [1.82, 2.24) is 20.9 Å². The first kappa shape index (κ1) is 31.5. The molecule has 1 saturated carbocycles. The summed E-state index contributed by atoms with van der Waals surface area (Å²) >= 11 is 1.11. The molecule has 11 nitrogen and oxygen atoms in total. The maximum Gasteiger partial charge on any atom is 0.251 e. The first-order chi connectivity index (χ1) is 19.9. The summed E-state index contributed by atoms with van der Waals surface area (Å²) < 4.78 is 37.3. The lowest BCUT2D eigenvalue weighted by Gasteiger charge is -2.25. The van der Waals surface area contributed by atoms with Gasteiger partial charge in [-0.05, 0) is 62.1 Å². The maximum atomic E-state index is 13.2. The Balaban J connectivity index is 1.55. The van der Waals surface area contributed by atoms with Crippen molar-refractivity contribution in [2.45, 2.75) is 43.5 Å². The van der Waals surface area contributed by atoms with Crippen molar-refractivity contribution >= 4 is 49.1 Å². The van der Waals surface area contributed by atoms with Crippen molar-refractivity contribution in [3.05, 3.63) is 53.0 Å². The van der Waals surface area contributed by atoms with Gasteiger partial charge in [-0.3, -0.25) is 14.4 Å². The fourth-order valence-electron chi connectivity index (χ4n) is 4.34. The number of nitrogens with zero attached hydrogens (tertiary/aromatic N) is 1. The predicted molar refractivity (Wildman–Crippen MR) is 161 cm³/mol. The molecule has 2 aromatic carbocycles. The van der Waals surface area contributed by atoms with Crippen molar-refractivity contribution in [2.75, 3.05) is 39.7 Å². The van der Waals surface area contributed by atoms with Crippen molar-refractivity contribution in [3.63, 3.8) is 0 Å². The van der Waals surface area contributed by atoms with Crippen LogP contribution in [0.25, 0.3) is 21.3 Å². The van der Waals surface area contributed by atoms with E-state index in [1.54, 1.807) is 25.3 Å². The number of ether oxygens (including phenoxy) is 2. The van der Waals surface area contributed by atoms with Gasteiger partial charge in [0.25, 0.3) is 5.91 Å². The number of hydrogen-bond acceptors (Lipinski definition) is 9. The highest BCUT2D eigenvalue weighted by Crippen LogP contribution is 2.34. The van der Waals surface area contributed by atoms with Gasteiger partial charge < -0.3 is 25.4 Å². The standard InChI is InChI=1S/C29H36N4O7S2/c1-29(2,17-40-4)33-26(35)19-7-5-18(6-8-19)20-9-12-22-23(15-20)41-28(32-22)25(42(37,38)14-13-39-3)27(36)30-16-24(34)31-21-10-11-21/h5-9,12,15,21,25H,10-11,13-14,16-17H2,1-4H3,(H,30,36)(H,31,34)(H,33,35). The summed E-state index contributed by atoms with van der Waals surface area (Å²) in [4.78, 5) is 42.4. The number of nitrogens with one attached hydrogen (secondary N) is 3. The van der Waals surface area contributed by atoms with Gasteiger partial charge in [0, 0.05) is 25.8 Å². The van der Waals surface area contributed by atoms with Crippen LogP contribution in [-0.2, 0) is 28.9 Å². The molecule has 0 bridgehead atoms. The highest BCUT2D eigenvalue weighted by atomic mass is 32.2. The molecule has 1 aliphatic rings. The predicted octanol–water partition coefficient (Wildman–Crippen LogP) is 2.62. The van der Waals surface area contributed by atoms with Crippen molar-refractivity contribution in [3.8, 4) is 11.1 Å². The molecule has 1 atom stereocenters. The maximum absolute atomic E-state index is 13.2. The van der Waals surface area contributed by atoms with E-state index in [9.17, 15) is 22.8 Å². The Labute approximate surface area is 249 Å². The summed E-state index contributed by atoms with van der Waals surface area (Å²) in [5.74, 6) is -1.76. The van der Waals surface area contributed by atoms with Crippen LogP contribution < -0.4 is 16.0 Å². The van der Waals surface area contributed by atoms with E-state index in [-0.39, 0.29) is 41.8 Å². The van der Waals surface area contributed by atoms with Gasteiger partial charge in [0.1, 0.15) is 5.01 Å². The number of carbonyl (C=O) groups is 3. The fourth-order valence-corrected chi connectivity index (χ4v) is 7.31. The van der Waals surface area contributed by atoms with E-state index in [1.807, 2.05) is 38.1 Å². The quantitative estimate of drug-likeness (QED) is 0.250. The Morgan fingerprint density at radius 3 is 2.38 bits per heavy atom. The van der Waals surface area contributed by atoms with Crippen LogP contribution in [0.3, 0.4) is 0 Å². The molecule has 13 heteroatoms. The second kappa shape index (κ2) is 13.3. The summed E-state index contributed by atoms with van der Waals surface area (Å²) in [6.45, 7) is 3.73. The van der Waals surface area contributed by atoms with Gasteiger partial charge >= 0.3 is 0 Å². The smallest absolute Gasteiger partial charge is 0.251 e. The normalized spacial score (nSPS) is 14.4. The molecule has 0 aliphatic heterocycles. The second-order valence-corrected chi connectivity index (χ2v) is 14.1. The molecule has 1 aromatic heterocycles. The first-order valence-electron chi connectivity index (χ1n) is 13.5. The van der Waals surface area contributed by atoms with Gasteiger partial charge in [-0.2, -0.15) is 0 Å². The van der Waals surface area contributed by atoms with Crippen LogP contribution in [0.5, 0.6) is 0 Å². The lowest BCUT2D eigenvalue weighted by Crippen LogP contribution is -2.46. The topological polar surface area (TPSA) is 153 Å². The molecule has 42 heavy (non-hydrogen) atoms. The zero-order valence-electron chi connectivity index (χ0n) is 24.1. The number of thiazole rings is 1. The second-order valence-electron chi connectivity index (χ2n) is 10.9. The molecule has 1 aliphatic carbocycles. The zero-order valence-corrected chi connectivity index (χ0v) is 25.7. The molecule has 1 fully saturated rings. The van der Waals surface area contributed by atoms with E-state index in [4.69, 9.17) is 9.47 Å². The molecule has 226 valence electrons. The molecular formula is C29H36N4O7S2. The van der Waals surface area contributed by atoms with E-state index in [2.05, 4.69) is 20.9 Å². The third-order valence-corrected chi connectivity index (χ3v) is 9.73. The summed E-state index contributed by atoms with van der Waals surface area (Å²) in [6, 6.07) is 12.7. The molecule has 0 spiro atoms. The molecule has 3 aromatic rings. The Kier molecular flexibility index (Phi) is 9.97. The van der Waals surface area contributed by atoms with Gasteiger partial charge in [0.2, 0.25) is 11.8 Å². The van der Waals surface area contributed by atoms with E-state index < -0.39 is 26.5 Å². The summed E-state index contributed by atoms with van der Waals surface area (Å²) in [5.41, 5.74) is 2.22. The monoisotopic (exact) mass is 616 g/mol. The van der Waals surface area contributed by atoms with Crippen LogP contribution in [0.1, 0.15) is 47.3 Å². The van der Waals surface area contributed by atoms with Gasteiger partial charge in [-0.25, -0.2) is 13.4 Å². The number of rotatable bonds is 14. The van der Waals surface area contributed by atoms with Gasteiger partial charge in [-0.15, -0.1) is 11.3 Å². The van der Waals surface area contributed by atoms with Crippen LogP contribution in [0, 0.1) is 0 Å². The molecule has 3 N–H and O–H groups in total. The lowest BCUT2D eigenvalue weighted by molar-refractivity contribution is -0.126. The zero-order chi connectivity index (χ0) is 30.5. The Morgan fingerprint density at radius 2 is 1.74 bits per heavy atom. The Bertz CT molecular complexity index is 1550. The largest absolute Gasteiger partial charge is 0.384 e. The van der Waals surface area contributed by atoms with Crippen molar-refractivity contribution < 1.29 is 32.3 Å². The first-order valence-corrected chi connectivity index (χ1v) is 16.1. The molecule has 3 amide bonds. The summed E-state index contributed by atoms with van der Waals surface area (Å²) in [5, 5.41) is 6.72. The van der Waals surface area contributed by atoms with Gasteiger partial charge in [0.15, 0.2) is 15.1 Å². The number of methoxy groups -OCH3 is 2. The average molecular weight is 617 g/mol. The van der Waals surface area contributed by atoms with E-state index in [1.165, 1.54) is 7.11 Å². The van der Waals surface area contributed by atoms with Crippen LogP contribution in [0.4, 0.5) is 0 Å². The molecular weight excluding hydrogens is 580 g/mol. The number of fused-ring (bicyclic) bond motifs is 1. The molecule has 4 rings (SSSR count). The summed E-state index contributed by atoms with van der Waals surface area (Å²) in [6.07, 6.45) is 1.79. The number of hydrogen-bond donors (Lipinski definition) is 3. The van der Waals surface area contributed by atoms with Crippen molar-refractivity contribution in [1.29, 1.82) is 0 Å².